The fourth-order valence-electron chi connectivity index (χ4n) is 2.68. The molecular formula is C21H22Cl2N4O3S3. The largest absolute Gasteiger partial charge is 0.299 e. The molecule has 0 fully saturated rings. The second kappa shape index (κ2) is 11.1. The predicted molar refractivity (Wildman–Crippen MR) is 136 cm³/mol. The third-order valence-corrected chi connectivity index (χ3v) is 8.85. The molecule has 1 N–H and O–H groups in total. The summed E-state index contributed by atoms with van der Waals surface area (Å²) in [6, 6.07) is 10.7. The Hall–Kier alpha value is -1.85. The number of hydrogen-bond acceptors (Lipinski definition) is 7. The first-order valence-electron chi connectivity index (χ1n) is 9.86. The number of benzene rings is 2. The summed E-state index contributed by atoms with van der Waals surface area (Å²) in [4.78, 5) is 12.9. The zero-order chi connectivity index (χ0) is 24.2. The second-order valence-electron chi connectivity index (χ2n) is 7.58. The lowest BCUT2D eigenvalue weighted by atomic mass is 10.2. The summed E-state index contributed by atoms with van der Waals surface area (Å²) < 4.78 is 28.6. The van der Waals surface area contributed by atoms with Gasteiger partial charge in [-0.05, 0) is 43.2 Å². The number of anilines is 2. The smallest absolute Gasteiger partial charge is 0.264 e. The van der Waals surface area contributed by atoms with Gasteiger partial charge in [0.05, 0.1) is 10.6 Å². The van der Waals surface area contributed by atoms with Crippen molar-refractivity contribution in [1.82, 2.24) is 10.2 Å². The number of aromatic nitrogens is 2. The quantitative estimate of drug-likeness (QED) is 0.273. The molecule has 12 heteroatoms. The SMILES string of the molecule is Cc1ccc(S(=O)(=O)N(CC(=O)Nc2nnc(SCC(C)C)s2)c2cc(Cl)cc(Cl)c2)cc1. The molecule has 3 aromatic rings. The fraction of sp³-hybridized carbons (Fsp3) is 0.286. The first-order valence-corrected chi connectivity index (χ1v) is 13.9. The minimum atomic E-state index is -4.09. The van der Waals surface area contributed by atoms with E-state index < -0.39 is 22.5 Å². The lowest BCUT2D eigenvalue weighted by molar-refractivity contribution is -0.114. The van der Waals surface area contributed by atoms with Gasteiger partial charge in [-0.15, -0.1) is 10.2 Å². The van der Waals surface area contributed by atoms with Gasteiger partial charge < -0.3 is 0 Å². The molecular weight excluding hydrogens is 523 g/mol. The molecule has 0 radical (unpaired) electrons. The van der Waals surface area contributed by atoms with E-state index in [4.69, 9.17) is 23.2 Å². The van der Waals surface area contributed by atoms with E-state index in [0.29, 0.717) is 11.0 Å². The molecule has 176 valence electrons. The maximum absolute atomic E-state index is 13.4. The van der Waals surface area contributed by atoms with E-state index in [0.717, 1.165) is 20.0 Å². The van der Waals surface area contributed by atoms with E-state index >= 15 is 0 Å². The molecule has 2 aromatic carbocycles. The molecule has 0 saturated carbocycles. The van der Waals surface area contributed by atoms with Gasteiger partial charge in [0.1, 0.15) is 6.54 Å². The Morgan fingerprint density at radius 1 is 1.12 bits per heavy atom. The van der Waals surface area contributed by atoms with Crippen LogP contribution >= 0.6 is 46.3 Å². The van der Waals surface area contributed by atoms with Crippen molar-refractivity contribution in [2.24, 2.45) is 5.92 Å². The van der Waals surface area contributed by atoms with Crippen LogP contribution in [0.4, 0.5) is 10.8 Å². The molecule has 0 saturated heterocycles. The maximum Gasteiger partial charge on any atom is 0.264 e. The van der Waals surface area contributed by atoms with Crippen LogP contribution in [0.2, 0.25) is 10.0 Å². The zero-order valence-electron chi connectivity index (χ0n) is 18.1. The molecule has 1 aromatic heterocycles. The van der Waals surface area contributed by atoms with Crippen LogP contribution in [-0.4, -0.2) is 36.8 Å². The van der Waals surface area contributed by atoms with Crippen LogP contribution in [0.25, 0.3) is 0 Å². The highest BCUT2D eigenvalue weighted by Gasteiger charge is 2.28. The molecule has 33 heavy (non-hydrogen) atoms. The van der Waals surface area contributed by atoms with E-state index in [1.165, 1.54) is 41.7 Å². The third-order valence-electron chi connectivity index (χ3n) is 4.22. The average molecular weight is 546 g/mol. The van der Waals surface area contributed by atoms with Crippen LogP contribution in [0.1, 0.15) is 19.4 Å². The number of thioether (sulfide) groups is 1. The number of amides is 1. The Labute approximate surface area is 211 Å². The predicted octanol–water partition coefficient (Wildman–Crippen LogP) is 5.74. The van der Waals surface area contributed by atoms with E-state index in [1.807, 2.05) is 6.92 Å². The first-order chi connectivity index (χ1) is 15.5. The molecule has 0 atom stereocenters. The molecule has 0 spiro atoms. The Morgan fingerprint density at radius 2 is 1.76 bits per heavy atom. The summed E-state index contributed by atoms with van der Waals surface area (Å²) in [5.41, 5.74) is 1.08. The highest BCUT2D eigenvalue weighted by Crippen LogP contribution is 2.30. The van der Waals surface area contributed by atoms with E-state index in [2.05, 4.69) is 29.4 Å². The van der Waals surface area contributed by atoms with Crippen molar-refractivity contribution in [2.45, 2.75) is 30.0 Å². The number of carbonyl (C=O) groups is 1. The highest BCUT2D eigenvalue weighted by atomic mass is 35.5. The van der Waals surface area contributed by atoms with Gasteiger partial charge in [0, 0.05) is 15.8 Å². The summed E-state index contributed by atoms with van der Waals surface area (Å²) in [6.45, 7) is 5.55. The van der Waals surface area contributed by atoms with Gasteiger partial charge in [-0.1, -0.05) is 77.8 Å². The summed E-state index contributed by atoms with van der Waals surface area (Å²) in [7, 11) is -4.09. The molecule has 3 rings (SSSR count). The molecule has 0 aliphatic rings. The minimum Gasteiger partial charge on any atom is -0.299 e. The summed E-state index contributed by atoms with van der Waals surface area (Å²) in [5, 5.41) is 11.5. The van der Waals surface area contributed by atoms with Gasteiger partial charge >= 0.3 is 0 Å². The fourth-order valence-corrected chi connectivity index (χ4v) is 6.35. The average Bonchev–Trinajstić information content (AvgIpc) is 3.17. The van der Waals surface area contributed by atoms with Gasteiger partial charge in [0.2, 0.25) is 11.0 Å². The number of carbonyl (C=O) groups excluding carboxylic acids is 1. The molecule has 0 unspecified atom stereocenters. The number of halogens is 2. The topological polar surface area (TPSA) is 92.3 Å². The van der Waals surface area contributed by atoms with Crippen molar-refractivity contribution < 1.29 is 13.2 Å². The van der Waals surface area contributed by atoms with Gasteiger partial charge in [-0.3, -0.25) is 14.4 Å². The van der Waals surface area contributed by atoms with Crippen LogP contribution in [-0.2, 0) is 14.8 Å². The molecule has 7 nitrogen and oxygen atoms in total. The number of sulfonamides is 1. The van der Waals surface area contributed by atoms with Gasteiger partial charge in [-0.25, -0.2) is 8.42 Å². The standard InChI is InChI=1S/C21H22Cl2N4O3S3/c1-13(2)12-31-21-26-25-20(32-21)24-19(28)11-27(17-9-15(22)8-16(23)10-17)33(29,30)18-6-4-14(3)5-7-18/h4-10,13H,11-12H2,1-3H3,(H,24,25,28). The van der Waals surface area contributed by atoms with Gasteiger partial charge in [0.15, 0.2) is 4.34 Å². The van der Waals surface area contributed by atoms with E-state index in [-0.39, 0.29) is 20.6 Å². The molecule has 0 bridgehead atoms. The van der Waals surface area contributed by atoms with Crippen LogP contribution in [0.3, 0.4) is 0 Å². The van der Waals surface area contributed by atoms with Crippen molar-refractivity contribution in [3.05, 3.63) is 58.1 Å². The Morgan fingerprint density at radius 3 is 2.36 bits per heavy atom. The molecule has 0 aliphatic heterocycles. The van der Waals surface area contributed by atoms with Crippen LogP contribution in [0.5, 0.6) is 0 Å². The van der Waals surface area contributed by atoms with Crippen LogP contribution in [0, 0.1) is 12.8 Å². The molecule has 1 heterocycles. The maximum atomic E-state index is 13.4. The number of nitrogens with one attached hydrogen (secondary N) is 1. The number of nitrogens with zero attached hydrogens (tertiary/aromatic N) is 3. The highest BCUT2D eigenvalue weighted by molar-refractivity contribution is 8.01. The Kier molecular flexibility index (Phi) is 8.63. The van der Waals surface area contributed by atoms with Crippen molar-refractivity contribution in [3.8, 4) is 0 Å². The van der Waals surface area contributed by atoms with Crippen molar-refractivity contribution in [3.63, 3.8) is 0 Å². The molecule has 0 aliphatic carbocycles. The summed E-state index contributed by atoms with van der Waals surface area (Å²) >= 11 is 15.0. The minimum absolute atomic E-state index is 0.0419. The first kappa shape index (κ1) is 25.8. The number of aryl methyl sites for hydroxylation is 1. The Bertz CT molecular complexity index is 1210. The van der Waals surface area contributed by atoms with Crippen molar-refractivity contribution in [1.29, 1.82) is 0 Å². The van der Waals surface area contributed by atoms with Crippen molar-refractivity contribution in [2.75, 3.05) is 21.9 Å². The summed E-state index contributed by atoms with van der Waals surface area (Å²) in [6.07, 6.45) is 0. The second-order valence-corrected chi connectivity index (χ2v) is 12.6. The third kappa shape index (κ3) is 7.07. The lowest BCUT2D eigenvalue weighted by Gasteiger charge is -2.24. The zero-order valence-corrected chi connectivity index (χ0v) is 22.0. The summed E-state index contributed by atoms with van der Waals surface area (Å²) in [5.74, 6) is 0.793. The number of hydrogen-bond donors (Lipinski definition) is 1. The van der Waals surface area contributed by atoms with Gasteiger partial charge in [-0.2, -0.15) is 0 Å². The number of rotatable bonds is 9. The monoisotopic (exact) mass is 544 g/mol. The lowest BCUT2D eigenvalue weighted by Crippen LogP contribution is -2.38. The van der Waals surface area contributed by atoms with Gasteiger partial charge in [0.25, 0.3) is 10.0 Å². The Balaban J connectivity index is 1.87. The normalized spacial score (nSPS) is 11.6. The van der Waals surface area contributed by atoms with Crippen LogP contribution in [0.15, 0.2) is 51.7 Å². The van der Waals surface area contributed by atoms with Crippen molar-refractivity contribution >= 4 is 73.0 Å². The van der Waals surface area contributed by atoms with E-state index in [9.17, 15) is 13.2 Å². The van der Waals surface area contributed by atoms with E-state index in [1.54, 1.807) is 23.9 Å². The van der Waals surface area contributed by atoms with Crippen LogP contribution < -0.4 is 9.62 Å². The molecule has 1 amide bonds.